The Kier molecular flexibility index (Phi) is 8.54. The third kappa shape index (κ3) is 5.91. The first kappa shape index (κ1) is 21.0. The molecule has 8 nitrogen and oxygen atoms in total. The van der Waals surface area contributed by atoms with Gasteiger partial charge in [0.1, 0.15) is 12.4 Å². The number of nitrogens with zero attached hydrogens (tertiary/aromatic N) is 5. The van der Waals surface area contributed by atoms with Crippen molar-refractivity contribution in [1.82, 2.24) is 25.0 Å². The number of fused-ring (bicyclic) bond motifs is 1. The van der Waals surface area contributed by atoms with Gasteiger partial charge in [0.05, 0.1) is 6.10 Å². The molecule has 1 aromatic heterocycles. The molecule has 0 bridgehead atoms. The van der Waals surface area contributed by atoms with Crippen LogP contribution in [0.2, 0.25) is 0 Å². The van der Waals surface area contributed by atoms with E-state index in [1.807, 2.05) is 0 Å². The van der Waals surface area contributed by atoms with Gasteiger partial charge in [0, 0.05) is 52.9 Å². The lowest BCUT2D eigenvalue weighted by molar-refractivity contribution is 0.00990. The summed E-state index contributed by atoms with van der Waals surface area (Å²) in [6.45, 7) is 8.08. The average molecular weight is 393 g/mol. The van der Waals surface area contributed by atoms with Gasteiger partial charge in [0.2, 0.25) is 0 Å². The zero-order chi connectivity index (χ0) is 19.6. The molecule has 28 heavy (non-hydrogen) atoms. The normalized spacial score (nSPS) is 18.8. The van der Waals surface area contributed by atoms with Gasteiger partial charge < -0.3 is 24.3 Å². The van der Waals surface area contributed by atoms with Crippen molar-refractivity contribution in [2.24, 2.45) is 4.99 Å². The average Bonchev–Trinajstić information content (AvgIpc) is 2.95. The van der Waals surface area contributed by atoms with Crippen LogP contribution in [0.1, 0.15) is 57.1 Å². The van der Waals surface area contributed by atoms with Crippen LogP contribution in [0.3, 0.4) is 0 Å². The number of likely N-dealkylation sites (tertiary alicyclic amines) is 1. The monoisotopic (exact) mass is 392 g/mol. The molecule has 8 heteroatoms. The fraction of sp³-hybridized carbons (Fsp3) is 0.850. The smallest absolute Gasteiger partial charge is 0.194 e. The third-order valence-corrected chi connectivity index (χ3v) is 5.48. The summed E-state index contributed by atoms with van der Waals surface area (Å²) in [5.74, 6) is 3.09. The van der Waals surface area contributed by atoms with Crippen LogP contribution < -0.4 is 5.32 Å². The van der Waals surface area contributed by atoms with Gasteiger partial charge in [-0.15, -0.1) is 10.2 Å². The largest absolute Gasteiger partial charge is 0.385 e. The predicted octanol–water partition coefficient (Wildman–Crippen LogP) is 1.99. The van der Waals surface area contributed by atoms with Crippen molar-refractivity contribution in [3.63, 3.8) is 0 Å². The Morgan fingerprint density at radius 2 is 2.00 bits per heavy atom. The van der Waals surface area contributed by atoms with Crippen molar-refractivity contribution in [2.75, 3.05) is 40.0 Å². The van der Waals surface area contributed by atoms with E-state index in [1.165, 1.54) is 19.3 Å². The van der Waals surface area contributed by atoms with Gasteiger partial charge in [-0.3, -0.25) is 0 Å². The molecule has 2 aliphatic heterocycles. The predicted molar refractivity (Wildman–Crippen MR) is 109 cm³/mol. The fourth-order valence-corrected chi connectivity index (χ4v) is 3.92. The van der Waals surface area contributed by atoms with E-state index in [0.29, 0.717) is 12.6 Å². The summed E-state index contributed by atoms with van der Waals surface area (Å²) in [7, 11) is 1.73. The molecule has 0 saturated carbocycles. The zero-order valence-corrected chi connectivity index (χ0v) is 17.5. The van der Waals surface area contributed by atoms with E-state index in [2.05, 4.69) is 31.9 Å². The van der Waals surface area contributed by atoms with E-state index >= 15 is 0 Å². The fourth-order valence-electron chi connectivity index (χ4n) is 3.92. The van der Waals surface area contributed by atoms with Gasteiger partial charge in [-0.05, 0) is 39.0 Å². The number of rotatable bonds is 8. The maximum atomic E-state index is 5.98. The van der Waals surface area contributed by atoms with Gasteiger partial charge in [-0.1, -0.05) is 6.42 Å². The SMILES string of the molecule is CCNC(=NCc1nnc2n1CCCCC2)N1CCC(OCCCOC)CC1. The lowest BCUT2D eigenvalue weighted by atomic mass is 10.1. The van der Waals surface area contributed by atoms with Crippen molar-refractivity contribution in [3.8, 4) is 0 Å². The second kappa shape index (κ2) is 11.4. The lowest BCUT2D eigenvalue weighted by Gasteiger charge is -2.34. The minimum atomic E-state index is 0.350. The number of aromatic nitrogens is 3. The number of aliphatic imine (C=N–C) groups is 1. The van der Waals surface area contributed by atoms with E-state index < -0.39 is 0 Å². The summed E-state index contributed by atoms with van der Waals surface area (Å²) >= 11 is 0. The van der Waals surface area contributed by atoms with Crippen LogP contribution in [0.4, 0.5) is 0 Å². The molecule has 3 heterocycles. The van der Waals surface area contributed by atoms with Crippen molar-refractivity contribution >= 4 is 5.96 Å². The number of piperidine rings is 1. The zero-order valence-electron chi connectivity index (χ0n) is 17.5. The number of guanidine groups is 1. The standard InChI is InChI=1S/C20H36N6O2/c1-3-21-20(25-12-9-17(10-13-25)28-15-7-14-27-2)22-16-19-24-23-18-8-5-4-6-11-26(18)19/h17H,3-16H2,1-2H3,(H,21,22). The summed E-state index contributed by atoms with van der Waals surface area (Å²) < 4.78 is 13.3. The maximum absolute atomic E-state index is 5.98. The molecule has 2 aliphatic rings. The number of nitrogens with one attached hydrogen (secondary N) is 1. The minimum Gasteiger partial charge on any atom is -0.385 e. The molecule has 0 spiro atoms. The van der Waals surface area contributed by atoms with Gasteiger partial charge in [0.25, 0.3) is 0 Å². The van der Waals surface area contributed by atoms with Gasteiger partial charge in [-0.2, -0.15) is 0 Å². The van der Waals surface area contributed by atoms with Gasteiger partial charge in [-0.25, -0.2) is 4.99 Å². The molecule has 0 radical (unpaired) electrons. The molecule has 3 rings (SSSR count). The number of hydrogen-bond acceptors (Lipinski definition) is 5. The molecule has 1 saturated heterocycles. The Labute approximate surface area is 168 Å². The molecule has 0 aliphatic carbocycles. The Morgan fingerprint density at radius 1 is 1.14 bits per heavy atom. The summed E-state index contributed by atoms with van der Waals surface area (Å²) in [6.07, 6.45) is 8.13. The Balaban J connectivity index is 1.53. The highest BCUT2D eigenvalue weighted by molar-refractivity contribution is 5.80. The van der Waals surface area contributed by atoms with Crippen LogP contribution in [-0.4, -0.2) is 71.7 Å². The molecule has 158 valence electrons. The van der Waals surface area contributed by atoms with Crippen molar-refractivity contribution < 1.29 is 9.47 Å². The highest BCUT2D eigenvalue weighted by Gasteiger charge is 2.22. The number of methoxy groups -OCH3 is 1. The Hall–Kier alpha value is -1.67. The maximum Gasteiger partial charge on any atom is 0.194 e. The number of hydrogen-bond donors (Lipinski definition) is 1. The van der Waals surface area contributed by atoms with E-state index in [0.717, 1.165) is 82.7 Å². The Bertz CT molecular complexity index is 610. The van der Waals surface area contributed by atoms with Crippen molar-refractivity contribution in [3.05, 3.63) is 11.6 Å². The van der Waals surface area contributed by atoms with E-state index in [1.54, 1.807) is 7.11 Å². The van der Waals surface area contributed by atoms with E-state index in [-0.39, 0.29) is 0 Å². The summed E-state index contributed by atoms with van der Waals surface area (Å²) in [6, 6.07) is 0. The minimum absolute atomic E-state index is 0.350. The highest BCUT2D eigenvalue weighted by Crippen LogP contribution is 2.16. The number of aryl methyl sites for hydroxylation is 1. The van der Waals surface area contributed by atoms with Crippen molar-refractivity contribution in [1.29, 1.82) is 0 Å². The first-order chi connectivity index (χ1) is 13.8. The van der Waals surface area contributed by atoms with Gasteiger partial charge >= 0.3 is 0 Å². The van der Waals surface area contributed by atoms with Crippen LogP contribution in [0.15, 0.2) is 4.99 Å². The Morgan fingerprint density at radius 3 is 2.79 bits per heavy atom. The second-order valence-corrected chi connectivity index (χ2v) is 7.57. The third-order valence-electron chi connectivity index (χ3n) is 5.48. The topological polar surface area (TPSA) is 76.8 Å². The highest BCUT2D eigenvalue weighted by atomic mass is 16.5. The van der Waals surface area contributed by atoms with Crippen LogP contribution in [0.5, 0.6) is 0 Å². The molecule has 0 aromatic carbocycles. The molecule has 1 N–H and O–H groups in total. The molecular weight excluding hydrogens is 356 g/mol. The molecule has 0 unspecified atom stereocenters. The molecular formula is C20H36N6O2. The summed E-state index contributed by atoms with van der Waals surface area (Å²) in [5.41, 5.74) is 0. The molecule has 1 aromatic rings. The lowest BCUT2D eigenvalue weighted by Crippen LogP contribution is -2.47. The van der Waals surface area contributed by atoms with Crippen LogP contribution >= 0.6 is 0 Å². The first-order valence-electron chi connectivity index (χ1n) is 10.9. The van der Waals surface area contributed by atoms with Crippen LogP contribution in [-0.2, 0) is 29.0 Å². The molecule has 1 fully saturated rings. The molecule has 0 amide bonds. The number of ether oxygens (including phenoxy) is 2. The quantitative estimate of drug-likeness (QED) is 0.414. The van der Waals surface area contributed by atoms with Gasteiger partial charge in [0.15, 0.2) is 11.8 Å². The van der Waals surface area contributed by atoms with Crippen LogP contribution in [0, 0.1) is 0 Å². The van der Waals surface area contributed by atoms with Crippen molar-refractivity contribution in [2.45, 2.75) is 71.1 Å². The second-order valence-electron chi connectivity index (χ2n) is 7.57. The van der Waals surface area contributed by atoms with Crippen LogP contribution in [0.25, 0.3) is 0 Å². The summed E-state index contributed by atoms with van der Waals surface area (Å²) in [5, 5.41) is 12.2. The van der Waals surface area contributed by atoms with E-state index in [9.17, 15) is 0 Å². The summed E-state index contributed by atoms with van der Waals surface area (Å²) in [4.78, 5) is 7.23. The van der Waals surface area contributed by atoms with E-state index in [4.69, 9.17) is 14.5 Å². The first-order valence-corrected chi connectivity index (χ1v) is 10.9. The molecule has 0 atom stereocenters.